The second-order valence-corrected chi connectivity index (χ2v) is 7.08. The number of rotatable bonds is 6. The van der Waals surface area contributed by atoms with Gasteiger partial charge >= 0.3 is 5.97 Å². The molecule has 4 rings (SSSR count). The Morgan fingerprint density at radius 2 is 1.76 bits per heavy atom. The van der Waals surface area contributed by atoms with Crippen LogP contribution >= 0.6 is 11.6 Å². The van der Waals surface area contributed by atoms with Gasteiger partial charge in [0.25, 0.3) is 11.6 Å². The van der Waals surface area contributed by atoms with E-state index in [2.05, 4.69) is 10.5 Å². The van der Waals surface area contributed by atoms with Crippen molar-refractivity contribution in [3.8, 4) is 17.2 Å². The van der Waals surface area contributed by atoms with Crippen LogP contribution in [-0.2, 0) is 0 Å². The van der Waals surface area contributed by atoms with Crippen LogP contribution in [0.5, 0.6) is 17.2 Å². The second-order valence-electron chi connectivity index (χ2n) is 6.64. The van der Waals surface area contributed by atoms with E-state index in [4.69, 9.17) is 25.8 Å². The minimum absolute atomic E-state index is 0.0806. The van der Waals surface area contributed by atoms with Gasteiger partial charge in [0.2, 0.25) is 6.79 Å². The van der Waals surface area contributed by atoms with E-state index in [0.717, 1.165) is 0 Å². The molecular formula is C22H14ClN3O7. The number of amides is 1. The maximum atomic E-state index is 12.6. The van der Waals surface area contributed by atoms with Crippen molar-refractivity contribution in [3.05, 3.63) is 92.5 Å². The molecule has 0 aromatic heterocycles. The molecule has 33 heavy (non-hydrogen) atoms. The number of benzene rings is 3. The van der Waals surface area contributed by atoms with Gasteiger partial charge in [-0.25, -0.2) is 10.2 Å². The van der Waals surface area contributed by atoms with Crippen molar-refractivity contribution in [1.29, 1.82) is 0 Å². The average Bonchev–Trinajstić information content (AvgIpc) is 3.28. The van der Waals surface area contributed by atoms with Gasteiger partial charge in [-0.2, -0.15) is 5.10 Å². The predicted octanol–water partition coefficient (Wildman–Crippen LogP) is 3.96. The number of non-ortho nitro benzene ring substituents is 1. The zero-order valence-electron chi connectivity index (χ0n) is 16.7. The molecule has 0 saturated heterocycles. The molecule has 0 spiro atoms. The Labute approximate surface area is 191 Å². The molecule has 3 aromatic carbocycles. The number of halogens is 1. The number of nitrogens with one attached hydrogen (secondary N) is 1. The molecule has 3 aromatic rings. The zero-order chi connectivity index (χ0) is 23.4. The number of carbonyl (C=O) groups excluding carboxylic acids is 2. The number of ether oxygens (including phenoxy) is 3. The zero-order valence-corrected chi connectivity index (χ0v) is 17.4. The molecule has 0 saturated carbocycles. The van der Waals surface area contributed by atoms with Crippen molar-refractivity contribution in [1.82, 2.24) is 5.43 Å². The molecule has 11 heteroatoms. The van der Waals surface area contributed by atoms with Crippen LogP contribution < -0.4 is 19.6 Å². The van der Waals surface area contributed by atoms with Crippen molar-refractivity contribution in [3.63, 3.8) is 0 Å². The fourth-order valence-electron chi connectivity index (χ4n) is 2.85. The molecule has 1 heterocycles. The van der Waals surface area contributed by atoms with Gasteiger partial charge in [0, 0.05) is 28.3 Å². The lowest BCUT2D eigenvalue weighted by Crippen LogP contribution is -2.17. The van der Waals surface area contributed by atoms with Crippen LogP contribution in [0.15, 0.2) is 65.8 Å². The highest BCUT2D eigenvalue weighted by atomic mass is 35.5. The number of nitro groups is 1. The van der Waals surface area contributed by atoms with Crippen LogP contribution in [0.1, 0.15) is 26.3 Å². The molecule has 1 aliphatic rings. The molecule has 1 amide bonds. The van der Waals surface area contributed by atoms with E-state index in [0.29, 0.717) is 22.1 Å². The number of carbonyl (C=O) groups is 2. The van der Waals surface area contributed by atoms with E-state index < -0.39 is 16.8 Å². The number of fused-ring (bicyclic) bond motifs is 1. The third-order valence-electron chi connectivity index (χ3n) is 4.49. The number of hydrazone groups is 1. The number of nitrogens with zero attached hydrogens (tertiary/aromatic N) is 2. The van der Waals surface area contributed by atoms with Gasteiger partial charge in [-0.15, -0.1) is 0 Å². The Morgan fingerprint density at radius 1 is 1.03 bits per heavy atom. The topological polar surface area (TPSA) is 129 Å². The first-order valence-electron chi connectivity index (χ1n) is 9.40. The Bertz CT molecular complexity index is 1280. The summed E-state index contributed by atoms with van der Waals surface area (Å²) in [6.45, 7) is 0.0806. The first-order valence-corrected chi connectivity index (χ1v) is 9.78. The van der Waals surface area contributed by atoms with E-state index in [1.807, 2.05) is 0 Å². The summed E-state index contributed by atoms with van der Waals surface area (Å²) in [6, 6.07) is 14.2. The molecular weight excluding hydrogens is 454 g/mol. The maximum Gasteiger partial charge on any atom is 0.343 e. The summed E-state index contributed by atoms with van der Waals surface area (Å²) in [4.78, 5) is 34.9. The minimum Gasteiger partial charge on any atom is -0.454 e. The van der Waals surface area contributed by atoms with E-state index in [9.17, 15) is 19.7 Å². The third kappa shape index (κ3) is 5.08. The molecule has 0 bridgehead atoms. The summed E-state index contributed by atoms with van der Waals surface area (Å²) in [5.41, 5.74) is 2.93. The summed E-state index contributed by atoms with van der Waals surface area (Å²) >= 11 is 6.04. The van der Waals surface area contributed by atoms with Gasteiger partial charge in [-0.3, -0.25) is 14.9 Å². The SMILES string of the molecule is O=C(N/N=C/c1cc(Cl)ccc1OC(=O)c1ccc2c(c1)OCO2)c1ccc([N+](=O)[O-])cc1. The van der Waals surface area contributed by atoms with Crippen LogP contribution in [0.4, 0.5) is 5.69 Å². The summed E-state index contributed by atoms with van der Waals surface area (Å²) in [5.74, 6) is -0.0800. The van der Waals surface area contributed by atoms with Crippen LogP contribution in [0.3, 0.4) is 0 Å². The van der Waals surface area contributed by atoms with E-state index >= 15 is 0 Å². The number of hydrogen-bond donors (Lipinski definition) is 1. The Morgan fingerprint density at radius 3 is 2.52 bits per heavy atom. The normalized spacial score (nSPS) is 11.9. The quantitative estimate of drug-likeness (QED) is 0.191. The average molecular weight is 468 g/mol. The summed E-state index contributed by atoms with van der Waals surface area (Å²) in [6.07, 6.45) is 1.26. The van der Waals surface area contributed by atoms with Crippen LogP contribution in [-0.4, -0.2) is 29.8 Å². The highest BCUT2D eigenvalue weighted by Crippen LogP contribution is 2.33. The van der Waals surface area contributed by atoms with E-state index in [-0.39, 0.29) is 29.4 Å². The van der Waals surface area contributed by atoms with Gasteiger partial charge in [-0.05, 0) is 48.5 Å². The van der Waals surface area contributed by atoms with Gasteiger partial charge < -0.3 is 14.2 Å². The molecule has 10 nitrogen and oxygen atoms in total. The molecule has 1 aliphatic heterocycles. The van der Waals surface area contributed by atoms with E-state index in [1.54, 1.807) is 12.1 Å². The number of nitro benzene ring substituents is 1. The highest BCUT2D eigenvalue weighted by molar-refractivity contribution is 6.31. The van der Waals surface area contributed by atoms with Gasteiger partial charge in [-0.1, -0.05) is 11.6 Å². The van der Waals surface area contributed by atoms with Gasteiger partial charge in [0.1, 0.15) is 5.75 Å². The van der Waals surface area contributed by atoms with E-state index in [1.165, 1.54) is 54.7 Å². The number of hydrogen-bond acceptors (Lipinski definition) is 8. The van der Waals surface area contributed by atoms with Crippen molar-refractivity contribution in [2.24, 2.45) is 5.10 Å². The lowest BCUT2D eigenvalue weighted by molar-refractivity contribution is -0.384. The first kappa shape index (κ1) is 21.8. The van der Waals surface area contributed by atoms with Gasteiger partial charge in [0.05, 0.1) is 16.7 Å². The fraction of sp³-hybridized carbons (Fsp3) is 0.0455. The third-order valence-corrected chi connectivity index (χ3v) is 4.73. The smallest absolute Gasteiger partial charge is 0.343 e. The largest absolute Gasteiger partial charge is 0.454 e. The fourth-order valence-corrected chi connectivity index (χ4v) is 3.04. The van der Waals surface area contributed by atoms with Crippen LogP contribution in [0.2, 0.25) is 5.02 Å². The van der Waals surface area contributed by atoms with Crippen molar-refractivity contribution in [2.75, 3.05) is 6.79 Å². The first-order chi connectivity index (χ1) is 15.9. The van der Waals surface area contributed by atoms with Crippen LogP contribution in [0, 0.1) is 10.1 Å². The molecule has 0 unspecified atom stereocenters. The molecule has 0 atom stereocenters. The van der Waals surface area contributed by atoms with Crippen molar-refractivity contribution >= 4 is 35.4 Å². The Balaban J connectivity index is 1.46. The molecule has 1 N–H and O–H groups in total. The summed E-state index contributed by atoms with van der Waals surface area (Å²) in [5, 5.41) is 14.9. The van der Waals surface area contributed by atoms with Gasteiger partial charge in [0.15, 0.2) is 11.5 Å². The minimum atomic E-state index is -0.639. The highest BCUT2D eigenvalue weighted by Gasteiger charge is 2.18. The van der Waals surface area contributed by atoms with Crippen LogP contribution in [0.25, 0.3) is 0 Å². The number of esters is 1. The molecule has 0 aliphatic carbocycles. The lowest BCUT2D eigenvalue weighted by Gasteiger charge is -2.08. The summed E-state index contributed by atoms with van der Waals surface area (Å²) in [7, 11) is 0. The molecule has 166 valence electrons. The Hall–Kier alpha value is -4.44. The predicted molar refractivity (Wildman–Crippen MR) is 117 cm³/mol. The lowest BCUT2D eigenvalue weighted by atomic mass is 10.2. The second kappa shape index (κ2) is 9.37. The maximum absolute atomic E-state index is 12.6. The van der Waals surface area contributed by atoms with Crippen molar-refractivity contribution < 1.29 is 28.7 Å². The summed E-state index contributed by atoms with van der Waals surface area (Å²) < 4.78 is 16.0. The molecule has 0 radical (unpaired) electrons. The monoisotopic (exact) mass is 467 g/mol. The standard InChI is InChI=1S/C22H14ClN3O7/c23-16-4-8-18(33-22(28)14-3-7-19-20(10-14)32-12-31-19)15(9-16)11-24-25-21(27)13-1-5-17(6-2-13)26(29)30/h1-11H,12H2,(H,25,27)/b24-11+. The molecule has 0 fully saturated rings. The van der Waals surface area contributed by atoms with Crippen molar-refractivity contribution in [2.45, 2.75) is 0 Å². The Kier molecular flexibility index (Phi) is 6.18.